The highest BCUT2D eigenvalue weighted by molar-refractivity contribution is 9.09. The molecule has 1 aromatic carbocycles. The quantitative estimate of drug-likeness (QED) is 0.755. The summed E-state index contributed by atoms with van der Waals surface area (Å²) < 4.78 is 0. The van der Waals surface area contributed by atoms with Crippen LogP contribution >= 0.6 is 15.9 Å². The van der Waals surface area contributed by atoms with Crippen LogP contribution in [0, 0.1) is 5.41 Å². The van der Waals surface area contributed by atoms with E-state index < -0.39 is 0 Å². The number of nitrogens with one attached hydrogen (secondary N) is 1. The zero-order valence-corrected chi connectivity index (χ0v) is 13.3. The number of benzene rings is 1. The molecule has 0 radical (unpaired) electrons. The van der Waals surface area contributed by atoms with Gasteiger partial charge in [0.1, 0.15) is 0 Å². The maximum Gasteiger partial charge on any atom is 0.230 e. The molecule has 0 aromatic heterocycles. The van der Waals surface area contributed by atoms with Crippen LogP contribution in [0.1, 0.15) is 51.0 Å². The van der Waals surface area contributed by atoms with Crippen LogP contribution in [0.15, 0.2) is 24.3 Å². The Kier molecular flexibility index (Phi) is 4.67. The van der Waals surface area contributed by atoms with Gasteiger partial charge in [0.15, 0.2) is 0 Å². The molecule has 3 heteroatoms. The van der Waals surface area contributed by atoms with Crippen molar-refractivity contribution in [2.75, 3.05) is 10.6 Å². The summed E-state index contributed by atoms with van der Waals surface area (Å²) in [5.41, 5.74) is 2.15. The minimum atomic E-state index is -0.0590. The maximum absolute atomic E-state index is 12.2. The normalized spacial score (nSPS) is 17.8. The lowest BCUT2D eigenvalue weighted by Crippen LogP contribution is -2.24. The minimum absolute atomic E-state index is 0.0590. The Morgan fingerprint density at radius 2 is 2.00 bits per heavy atom. The number of rotatable bonds is 6. The van der Waals surface area contributed by atoms with E-state index in [4.69, 9.17) is 0 Å². The van der Waals surface area contributed by atoms with Crippen molar-refractivity contribution in [3.8, 4) is 0 Å². The van der Waals surface area contributed by atoms with Crippen LogP contribution in [-0.2, 0) is 4.79 Å². The van der Waals surface area contributed by atoms with Gasteiger partial charge in [-0.15, -0.1) is 0 Å². The number of alkyl halides is 1. The summed E-state index contributed by atoms with van der Waals surface area (Å²) in [6, 6.07) is 8.21. The standard InChI is InChI=1S/C16H22BrNO/c1-3-8-16(9-10-16)15(19)18-14-6-4-13(5-7-14)12(2)11-17/h4-7,12H,3,8-11H2,1-2H3,(H,18,19). The van der Waals surface area contributed by atoms with Crippen molar-refractivity contribution < 1.29 is 4.79 Å². The van der Waals surface area contributed by atoms with E-state index in [1.54, 1.807) is 0 Å². The Hall–Kier alpha value is -0.830. The minimum Gasteiger partial charge on any atom is -0.326 e. The third kappa shape index (κ3) is 3.38. The van der Waals surface area contributed by atoms with Crippen LogP contribution in [-0.4, -0.2) is 11.2 Å². The molecule has 19 heavy (non-hydrogen) atoms. The summed E-state index contributed by atoms with van der Waals surface area (Å²) in [4.78, 5) is 12.2. The fraction of sp³-hybridized carbons (Fsp3) is 0.562. The average molecular weight is 324 g/mol. The van der Waals surface area contributed by atoms with Crippen LogP contribution in [0.4, 0.5) is 5.69 Å². The molecule has 0 spiro atoms. The van der Waals surface area contributed by atoms with Gasteiger partial charge in [-0.05, 0) is 42.9 Å². The monoisotopic (exact) mass is 323 g/mol. The number of amides is 1. The third-order valence-corrected chi connectivity index (χ3v) is 5.00. The summed E-state index contributed by atoms with van der Waals surface area (Å²) in [6.07, 6.45) is 4.18. The number of carbonyl (C=O) groups excluding carboxylic acids is 1. The number of halogens is 1. The number of carbonyl (C=O) groups is 1. The van der Waals surface area contributed by atoms with Crippen LogP contribution in [0.2, 0.25) is 0 Å². The summed E-state index contributed by atoms with van der Waals surface area (Å²) in [5, 5.41) is 4.02. The highest BCUT2D eigenvalue weighted by Crippen LogP contribution is 2.50. The van der Waals surface area contributed by atoms with Crippen LogP contribution in [0.25, 0.3) is 0 Å². The van der Waals surface area contributed by atoms with Gasteiger partial charge in [0.2, 0.25) is 5.91 Å². The molecule has 1 N–H and O–H groups in total. The highest BCUT2D eigenvalue weighted by atomic mass is 79.9. The van der Waals surface area contributed by atoms with E-state index >= 15 is 0 Å². The first kappa shape index (κ1) is 14.6. The predicted molar refractivity (Wildman–Crippen MR) is 83.9 cm³/mol. The van der Waals surface area contributed by atoms with E-state index in [1.165, 1.54) is 5.56 Å². The molecule has 1 unspecified atom stereocenters. The van der Waals surface area contributed by atoms with Gasteiger partial charge in [0, 0.05) is 16.4 Å². The third-order valence-electron chi connectivity index (χ3n) is 4.03. The van der Waals surface area contributed by atoms with Crippen LogP contribution in [0.3, 0.4) is 0 Å². The maximum atomic E-state index is 12.2. The number of hydrogen-bond donors (Lipinski definition) is 1. The van der Waals surface area contributed by atoms with Crippen molar-refractivity contribution >= 4 is 27.5 Å². The van der Waals surface area contributed by atoms with Gasteiger partial charge in [0.05, 0.1) is 0 Å². The van der Waals surface area contributed by atoms with Crippen molar-refractivity contribution in [1.82, 2.24) is 0 Å². The Morgan fingerprint density at radius 1 is 1.37 bits per heavy atom. The summed E-state index contributed by atoms with van der Waals surface area (Å²) >= 11 is 3.49. The van der Waals surface area contributed by atoms with Gasteiger partial charge in [-0.1, -0.05) is 48.3 Å². The first-order valence-electron chi connectivity index (χ1n) is 7.08. The van der Waals surface area contributed by atoms with Crippen molar-refractivity contribution in [2.24, 2.45) is 5.41 Å². The molecule has 1 aliphatic rings. The highest BCUT2D eigenvalue weighted by Gasteiger charge is 2.48. The van der Waals surface area contributed by atoms with Crippen LogP contribution < -0.4 is 5.32 Å². The first-order valence-corrected chi connectivity index (χ1v) is 8.21. The molecule has 2 rings (SSSR count). The summed E-state index contributed by atoms with van der Waals surface area (Å²) in [6.45, 7) is 4.33. The molecule has 1 aromatic rings. The molecule has 0 heterocycles. The van der Waals surface area contributed by atoms with E-state index in [0.717, 1.165) is 36.7 Å². The van der Waals surface area contributed by atoms with Gasteiger partial charge in [-0.3, -0.25) is 4.79 Å². The van der Waals surface area contributed by atoms with Crippen molar-refractivity contribution in [2.45, 2.75) is 45.4 Å². The fourth-order valence-corrected chi connectivity index (χ4v) is 2.84. The Balaban J connectivity index is 1.98. The fourth-order valence-electron chi connectivity index (χ4n) is 2.47. The Morgan fingerprint density at radius 3 is 2.47 bits per heavy atom. The lowest BCUT2D eigenvalue weighted by Gasteiger charge is -2.15. The molecule has 0 saturated heterocycles. The van der Waals surface area contributed by atoms with Crippen molar-refractivity contribution in [3.05, 3.63) is 29.8 Å². The molecule has 1 atom stereocenters. The molecule has 2 nitrogen and oxygen atoms in total. The molecule has 1 amide bonds. The van der Waals surface area contributed by atoms with E-state index in [1.807, 2.05) is 12.1 Å². The van der Waals surface area contributed by atoms with Gasteiger partial charge >= 0.3 is 0 Å². The SMILES string of the molecule is CCCC1(C(=O)Nc2ccc(C(C)CBr)cc2)CC1. The van der Waals surface area contributed by atoms with E-state index in [-0.39, 0.29) is 11.3 Å². The first-order chi connectivity index (χ1) is 9.11. The van der Waals surface area contributed by atoms with E-state index in [2.05, 4.69) is 47.2 Å². The number of hydrogen-bond acceptors (Lipinski definition) is 1. The van der Waals surface area contributed by atoms with Crippen molar-refractivity contribution in [1.29, 1.82) is 0 Å². The zero-order valence-electron chi connectivity index (χ0n) is 11.7. The molecule has 1 fully saturated rings. The second-order valence-corrected chi connectivity index (χ2v) is 6.31. The molecule has 1 saturated carbocycles. The summed E-state index contributed by atoms with van der Waals surface area (Å²) in [7, 11) is 0. The number of anilines is 1. The Bertz CT molecular complexity index is 437. The topological polar surface area (TPSA) is 29.1 Å². The molecule has 0 aliphatic heterocycles. The molecular formula is C16H22BrNO. The van der Waals surface area contributed by atoms with Crippen LogP contribution in [0.5, 0.6) is 0 Å². The Labute approximate surface area is 124 Å². The van der Waals surface area contributed by atoms with E-state index in [9.17, 15) is 4.79 Å². The summed E-state index contributed by atoms with van der Waals surface area (Å²) in [5.74, 6) is 0.704. The largest absolute Gasteiger partial charge is 0.326 e. The zero-order chi connectivity index (χ0) is 13.9. The van der Waals surface area contributed by atoms with Gasteiger partial charge in [-0.2, -0.15) is 0 Å². The van der Waals surface area contributed by atoms with Gasteiger partial charge < -0.3 is 5.32 Å². The smallest absolute Gasteiger partial charge is 0.230 e. The average Bonchev–Trinajstić information content (AvgIpc) is 3.20. The molecule has 104 valence electrons. The predicted octanol–water partition coefficient (Wildman–Crippen LogP) is 4.70. The van der Waals surface area contributed by atoms with Gasteiger partial charge in [-0.25, -0.2) is 0 Å². The lowest BCUT2D eigenvalue weighted by molar-refractivity contribution is -0.121. The lowest BCUT2D eigenvalue weighted by atomic mass is 9.99. The molecule has 0 bridgehead atoms. The molecule has 1 aliphatic carbocycles. The van der Waals surface area contributed by atoms with E-state index in [0.29, 0.717) is 5.92 Å². The van der Waals surface area contributed by atoms with Gasteiger partial charge in [0.25, 0.3) is 0 Å². The molecular weight excluding hydrogens is 302 g/mol. The second-order valence-electron chi connectivity index (χ2n) is 5.66. The second kappa shape index (κ2) is 6.08. The van der Waals surface area contributed by atoms with Crippen molar-refractivity contribution in [3.63, 3.8) is 0 Å².